The van der Waals surface area contributed by atoms with Gasteiger partial charge in [-0.15, -0.1) is 0 Å². The SMILES string of the molecule is CC(C)(C)OC(=O)NCCn1cc(-c2ccccc2C=O)cn1. The van der Waals surface area contributed by atoms with Gasteiger partial charge in [0.15, 0.2) is 6.29 Å². The highest BCUT2D eigenvalue weighted by Gasteiger charge is 2.15. The molecule has 0 aliphatic rings. The molecule has 6 nitrogen and oxygen atoms in total. The fourth-order valence-electron chi connectivity index (χ4n) is 2.07. The molecule has 0 aliphatic carbocycles. The Bertz CT molecular complexity index is 686. The molecule has 6 heteroatoms. The lowest BCUT2D eigenvalue weighted by Crippen LogP contribution is -2.34. The van der Waals surface area contributed by atoms with Gasteiger partial charge in [-0.25, -0.2) is 4.79 Å². The predicted molar refractivity (Wildman–Crippen MR) is 87.3 cm³/mol. The molecule has 0 radical (unpaired) electrons. The molecule has 1 amide bonds. The third kappa shape index (κ3) is 4.95. The van der Waals surface area contributed by atoms with Crippen LogP contribution in [0.5, 0.6) is 0 Å². The molecular weight excluding hydrogens is 294 g/mol. The fraction of sp³-hybridized carbons (Fsp3) is 0.353. The van der Waals surface area contributed by atoms with Gasteiger partial charge in [0.05, 0.1) is 12.7 Å². The number of hydrogen-bond acceptors (Lipinski definition) is 4. The van der Waals surface area contributed by atoms with Crippen LogP contribution < -0.4 is 5.32 Å². The summed E-state index contributed by atoms with van der Waals surface area (Å²) in [5.41, 5.74) is 1.82. The van der Waals surface area contributed by atoms with Gasteiger partial charge in [-0.3, -0.25) is 9.48 Å². The molecule has 2 rings (SSSR count). The van der Waals surface area contributed by atoms with Crippen molar-refractivity contribution in [3.63, 3.8) is 0 Å². The number of benzene rings is 1. The number of aromatic nitrogens is 2. The number of hydrogen-bond donors (Lipinski definition) is 1. The van der Waals surface area contributed by atoms with Crippen LogP contribution in [-0.4, -0.2) is 34.3 Å². The highest BCUT2D eigenvalue weighted by molar-refractivity contribution is 5.87. The second-order valence-electron chi connectivity index (χ2n) is 6.13. The summed E-state index contributed by atoms with van der Waals surface area (Å²) in [6.45, 7) is 6.37. The molecule has 1 aromatic carbocycles. The quantitative estimate of drug-likeness (QED) is 0.861. The van der Waals surface area contributed by atoms with E-state index in [4.69, 9.17) is 4.74 Å². The van der Waals surface area contributed by atoms with Gasteiger partial charge in [-0.2, -0.15) is 5.10 Å². The summed E-state index contributed by atoms with van der Waals surface area (Å²) in [4.78, 5) is 22.6. The number of aldehydes is 1. The van der Waals surface area contributed by atoms with Crippen LogP contribution in [0.1, 0.15) is 31.1 Å². The summed E-state index contributed by atoms with van der Waals surface area (Å²) >= 11 is 0. The standard InChI is InChI=1S/C17H21N3O3/c1-17(2,3)23-16(22)18-8-9-20-11-14(10-19-20)15-7-5-4-6-13(15)12-21/h4-7,10-12H,8-9H2,1-3H3,(H,18,22). The van der Waals surface area contributed by atoms with Crippen LogP contribution in [0, 0.1) is 0 Å². The molecule has 0 saturated heterocycles. The molecule has 2 aromatic rings. The first-order chi connectivity index (χ1) is 10.9. The number of ether oxygens (including phenoxy) is 1. The molecule has 122 valence electrons. The molecule has 23 heavy (non-hydrogen) atoms. The van der Waals surface area contributed by atoms with Gasteiger partial charge in [0.1, 0.15) is 5.60 Å². The third-order valence-electron chi connectivity index (χ3n) is 3.04. The van der Waals surface area contributed by atoms with E-state index >= 15 is 0 Å². The highest BCUT2D eigenvalue weighted by Crippen LogP contribution is 2.21. The van der Waals surface area contributed by atoms with E-state index in [-0.39, 0.29) is 0 Å². The first-order valence-corrected chi connectivity index (χ1v) is 7.43. The number of nitrogens with one attached hydrogen (secondary N) is 1. The molecule has 0 spiro atoms. The lowest BCUT2D eigenvalue weighted by molar-refractivity contribution is 0.0525. The van der Waals surface area contributed by atoms with Gasteiger partial charge in [0.25, 0.3) is 0 Å². The van der Waals surface area contributed by atoms with Crippen LogP contribution in [0.4, 0.5) is 4.79 Å². The van der Waals surface area contributed by atoms with Crippen LogP contribution in [0.25, 0.3) is 11.1 Å². The second-order valence-corrected chi connectivity index (χ2v) is 6.13. The Labute approximate surface area is 135 Å². The monoisotopic (exact) mass is 315 g/mol. The minimum absolute atomic E-state index is 0.408. The zero-order valence-corrected chi connectivity index (χ0v) is 13.6. The molecule has 0 saturated carbocycles. The highest BCUT2D eigenvalue weighted by atomic mass is 16.6. The maximum Gasteiger partial charge on any atom is 0.407 e. The summed E-state index contributed by atoms with van der Waals surface area (Å²) in [5.74, 6) is 0. The van der Waals surface area contributed by atoms with Gasteiger partial charge in [-0.05, 0) is 26.3 Å². The molecule has 0 unspecified atom stereocenters. The summed E-state index contributed by atoms with van der Waals surface area (Å²) in [5, 5.41) is 6.93. The van der Waals surface area contributed by atoms with Gasteiger partial charge in [-0.1, -0.05) is 24.3 Å². The minimum atomic E-state index is -0.512. The average molecular weight is 315 g/mol. The number of carbonyl (C=O) groups excluding carboxylic acids is 2. The third-order valence-corrected chi connectivity index (χ3v) is 3.04. The molecule has 1 N–H and O–H groups in total. The molecule has 0 aliphatic heterocycles. The van der Waals surface area contributed by atoms with Crippen molar-refractivity contribution in [2.45, 2.75) is 32.9 Å². The van der Waals surface area contributed by atoms with Gasteiger partial charge >= 0.3 is 6.09 Å². The van der Waals surface area contributed by atoms with Crippen LogP contribution in [0.3, 0.4) is 0 Å². The Balaban J connectivity index is 1.93. The smallest absolute Gasteiger partial charge is 0.407 e. The first kappa shape index (κ1) is 16.7. The number of amides is 1. The molecule has 0 bridgehead atoms. The normalized spacial score (nSPS) is 11.1. The van der Waals surface area contributed by atoms with Crippen molar-refractivity contribution < 1.29 is 14.3 Å². The fourth-order valence-corrected chi connectivity index (χ4v) is 2.07. The molecule has 0 fully saturated rings. The van der Waals surface area contributed by atoms with Crippen LogP contribution in [0.15, 0.2) is 36.7 Å². The van der Waals surface area contributed by atoms with Crippen molar-refractivity contribution in [1.82, 2.24) is 15.1 Å². The van der Waals surface area contributed by atoms with Gasteiger partial charge in [0.2, 0.25) is 0 Å². The van der Waals surface area contributed by atoms with Crippen molar-refractivity contribution in [1.29, 1.82) is 0 Å². The average Bonchev–Trinajstić information content (AvgIpc) is 2.94. The van der Waals surface area contributed by atoms with Crippen LogP contribution >= 0.6 is 0 Å². The maximum absolute atomic E-state index is 11.6. The first-order valence-electron chi connectivity index (χ1n) is 7.43. The number of rotatable bonds is 5. The zero-order valence-electron chi connectivity index (χ0n) is 13.6. The van der Waals surface area contributed by atoms with Gasteiger partial charge < -0.3 is 10.1 Å². The zero-order chi connectivity index (χ0) is 16.9. The lowest BCUT2D eigenvalue weighted by atomic mass is 10.0. The van der Waals surface area contributed by atoms with Gasteiger partial charge in [0, 0.05) is 23.9 Å². The number of nitrogens with zero attached hydrogens (tertiary/aromatic N) is 2. The van der Waals surface area contributed by atoms with Crippen molar-refractivity contribution in [3.05, 3.63) is 42.2 Å². The summed E-state index contributed by atoms with van der Waals surface area (Å²) in [6, 6.07) is 7.35. The summed E-state index contributed by atoms with van der Waals surface area (Å²) < 4.78 is 6.88. The van der Waals surface area contributed by atoms with Crippen molar-refractivity contribution in [3.8, 4) is 11.1 Å². The van der Waals surface area contributed by atoms with E-state index in [1.165, 1.54) is 0 Å². The Morgan fingerprint density at radius 1 is 1.35 bits per heavy atom. The minimum Gasteiger partial charge on any atom is -0.444 e. The topological polar surface area (TPSA) is 73.2 Å². The van der Waals surface area contributed by atoms with Crippen molar-refractivity contribution >= 4 is 12.4 Å². The maximum atomic E-state index is 11.6. The van der Waals surface area contributed by atoms with E-state index in [9.17, 15) is 9.59 Å². The Kier molecular flexibility index (Phi) is 5.16. The van der Waals surface area contributed by atoms with Crippen LogP contribution in [-0.2, 0) is 11.3 Å². The lowest BCUT2D eigenvalue weighted by Gasteiger charge is -2.19. The molecule has 1 aromatic heterocycles. The van der Waals surface area contributed by atoms with E-state index in [0.29, 0.717) is 18.7 Å². The second kappa shape index (κ2) is 7.09. The van der Waals surface area contributed by atoms with Crippen molar-refractivity contribution in [2.75, 3.05) is 6.54 Å². The summed E-state index contributed by atoms with van der Waals surface area (Å²) in [7, 11) is 0. The summed E-state index contributed by atoms with van der Waals surface area (Å²) in [6.07, 6.45) is 3.93. The molecular formula is C17H21N3O3. The predicted octanol–water partition coefficient (Wildman–Crippen LogP) is 2.89. The Morgan fingerprint density at radius 3 is 2.78 bits per heavy atom. The number of alkyl carbamates (subject to hydrolysis) is 1. The van der Waals surface area contributed by atoms with E-state index in [1.54, 1.807) is 16.9 Å². The number of carbonyl (C=O) groups is 2. The van der Waals surface area contributed by atoms with E-state index in [1.807, 2.05) is 45.2 Å². The molecule has 1 heterocycles. The molecule has 0 atom stereocenters. The Morgan fingerprint density at radius 2 is 2.09 bits per heavy atom. The van der Waals surface area contributed by atoms with Crippen LogP contribution in [0.2, 0.25) is 0 Å². The van der Waals surface area contributed by atoms with E-state index < -0.39 is 11.7 Å². The van der Waals surface area contributed by atoms with E-state index in [0.717, 1.165) is 17.4 Å². The Hall–Kier alpha value is -2.63. The van der Waals surface area contributed by atoms with Crippen molar-refractivity contribution in [2.24, 2.45) is 0 Å². The van der Waals surface area contributed by atoms with E-state index in [2.05, 4.69) is 10.4 Å². The largest absolute Gasteiger partial charge is 0.444 e.